The number of rotatable bonds is 6. The average Bonchev–Trinajstić information content (AvgIpc) is 2.61. The Morgan fingerprint density at radius 2 is 1.46 bits per heavy atom. The maximum atomic E-state index is 12.4. The van der Waals surface area contributed by atoms with Crippen molar-refractivity contribution in [1.82, 2.24) is 5.32 Å². The zero-order valence-corrected chi connectivity index (χ0v) is 16.5. The Hall–Kier alpha value is -2.49. The van der Waals surface area contributed by atoms with E-state index in [1.165, 1.54) is 5.56 Å². The average molecular weight is 355 g/mol. The van der Waals surface area contributed by atoms with E-state index in [0.717, 1.165) is 11.3 Å². The summed E-state index contributed by atoms with van der Waals surface area (Å²) in [7, 11) is 1.61. The molecule has 0 aromatic heterocycles. The van der Waals surface area contributed by atoms with Gasteiger partial charge in [0.25, 0.3) is 5.91 Å². The van der Waals surface area contributed by atoms with Crippen LogP contribution < -0.4 is 14.8 Å². The smallest absolute Gasteiger partial charge is 0.261 e. The monoisotopic (exact) mass is 355 g/mol. The van der Waals surface area contributed by atoms with Crippen molar-refractivity contribution in [3.05, 3.63) is 59.7 Å². The molecule has 0 aliphatic heterocycles. The SMILES string of the molecule is COc1ccc(OC(C)C(=O)NC(C)c2ccc(C(C)(C)C)cc2)cc1. The molecule has 0 fully saturated rings. The van der Waals surface area contributed by atoms with Crippen LogP contribution in [0.1, 0.15) is 51.8 Å². The molecular formula is C22H29NO3. The van der Waals surface area contributed by atoms with E-state index in [-0.39, 0.29) is 17.4 Å². The lowest BCUT2D eigenvalue weighted by Crippen LogP contribution is -2.37. The lowest BCUT2D eigenvalue weighted by molar-refractivity contribution is -0.127. The molecule has 0 bridgehead atoms. The Morgan fingerprint density at radius 3 is 1.96 bits per heavy atom. The number of hydrogen-bond acceptors (Lipinski definition) is 3. The third-order valence-electron chi connectivity index (χ3n) is 4.38. The third-order valence-corrected chi connectivity index (χ3v) is 4.38. The number of amides is 1. The van der Waals surface area contributed by atoms with E-state index in [2.05, 4.69) is 50.4 Å². The molecule has 4 heteroatoms. The van der Waals surface area contributed by atoms with E-state index >= 15 is 0 Å². The number of hydrogen-bond donors (Lipinski definition) is 1. The first-order valence-corrected chi connectivity index (χ1v) is 8.92. The standard InChI is InChI=1S/C22H29NO3/c1-15(17-7-9-18(10-8-17)22(3,4)5)23-21(24)16(2)26-20-13-11-19(25-6)12-14-20/h7-16H,1-6H3,(H,23,24). The Kier molecular flexibility index (Phi) is 6.30. The molecule has 2 atom stereocenters. The van der Waals surface area contributed by atoms with Crippen LogP contribution in [0.4, 0.5) is 0 Å². The first kappa shape index (κ1) is 19.8. The molecule has 2 unspecified atom stereocenters. The summed E-state index contributed by atoms with van der Waals surface area (Å²) in [6, 6.07) is 15.5. The van der Waals surface area contributed by atoms with Gasteiger partial charge in [0.15, 0.2) is 6.10 Å². The molecule has 1 N–H and O–H groups in total. The fourth-order valence-electron chi connectivity index (χ4n) is 2.60. The number of benzene rings is 2. The molecule has 2 aromatic carbocycles. The topological polar surface area (TPSA) is 47.6 Å². The van der Waals surface area contributed by atoms with Gasteiger partial charge in [-0.15, -0.1) is 0 Å². The summed E-state index contributed by atoms with van der Waals surface area (Å²) in [6.45, 7) is 10.3. The van der Waals surface area contributed by atoms with Crippen LogP contribution >= 0.6 is 0 Å². The van der Waals surface area contributed by atoms with Gasteiger partial charge in [0, 0.05) is 0 Å². The van der Waals surface area contributed by atoms with Crippen molar-refractivity contribution in [2.24, 2.45) is 0 Å². The van der Waals surface area contributed by atoms with Crippen molar-refractivity contribution in [3.8, 4) is 11.5 Å². The summed E-state index contributed by atoms with van der Waals surface area (Å²) >= 11 is 0. The van der Waals surface area contributed by atoms with Crippen LogP contribution in [0.25, 0.3) is 0 Å². The van der Waals surface area contributed by atoms with Crippen molar-refractivity contribution in [3.63, 3.8) is 0 Å². The lowest BCUT2D eigenvalue weighted by Gasteiger charge is -2.22. The van der Waals surface area contributed by atoms with E-state index < -0.39 is 6.10 Å². The zero-order chi connectivity index (χ0) is 19.3. The maximum Gasteiger partial charge on any atom is 0.261 e. The van der Waals surface area contributed by atoms with Gasteiger partial charge in [-0.25, -0.2) is 0 Å². The van der Waals surface area contributed by atoms with Gasteiger partial charge in [0.1, 0.15) is 11.5 Å². The fourth-order valence-corrected chi connectivity index (χ4v) is 2.60. The second-order valence-corrected chi connectivity index (χ2v) is 7.54. The zero-order valence-electron chi connectivity index (χ0n) is 16.5. The van der Waals surface area contributed by atoms with E-state index in [4.69, 9.17) is 9.47 Å². The van der Waals surface area contributed by atoms with E-state index in [1.54, 1.807) is 38.3 Å². The van der Waals surface area contributed by atoms with E-state index in [1.807, 2.05) is 6.92 Å². The quantitative estimate of drug-likeness (QED) is 0.821. The van der Waals surface area contributed by atoms with E-state index in [0.29, 0.717) is 5.75 Å². The molecule has 26 heavy (non-hydrogen) atoms. The highest BCUT2D eigenvalue weighted by Crippen LogP contribution is 2.24. The van der Waals surface area contributed by atoms with Gasteiger partial charge < -0.3 is 14.8 Å². The lowest BCUT2D eigenvalue weighted by atomic mass is 9.86. The summed E-state index contributed by atoms with van der Waals surface area (Å²) in [5.74, 6) is 1.24. The largest absolute Gasteiger partial charge is 0.497 e. The Labute approximate surface area is 156 Å². The summed E-state index contributed by atoms with van der Waals surface area (Å²) in [5.41, 5.74) is 2.46. The van der Waals surface area contributed by atoms with Crippen LogP contribution in [0, 0.1) is 0 Å². The molecule has 140 valence electrons. The summed E-state index contributed by atoms with van der Waals surface area (Å²) in [5, 5.41) is 3.01. The second kappa shape index (κ2) is 8.26. The molecule has 0 aliphatic rings. The Morgan fingerprint density at radius 1 is 0.923 bits per heavy atom. The predicted molar refractivity (Wildman–Crippen MR) is 105 cm³/mol. The van der Waals surface area contributed by atoms with Gasteiger partial charge in [-0.05, 0) is 54.7 Å². The summed E-state index contributed by atoms with van der Waals surface area (Å²) in [6.07, 6.45) is -0.584. The van der Waals surface area contributed by atoms with Crippen LogP contribution in [0.5, 0.6) is 11.5 Å². The van der Waals surface area contributed by atoms with Crippen LogP contribution in [-0.4, -0.2) is 19.1 Å². The highest BCUT2D eigenvalue weighted by atomic mass is 16.5. The minimum absolute atomic E-state index is 0.0848. The first-order chi connectivity index (χ1) is 12.2. The minimum Gasteiger partial charge on any atom is -0.497 e. The number of carbonyl (C=O) groups is 1. The number of methoxy groups -OCH3 is 1. The van der Waals surface area contributed by atoms with Gasteiger partial charge in [-0.1, -0.05) is 45.0 Å². The molecule has 0 aliphatic carbocycles. The highest BCUT2D eigenvalue weighted by molar-refractivity contribution is 5.81. The normalized spacial score (nSPS) is 13.6. The molecule has 1 amide bonds. The van der Waals surface area contributed by atoms with Crippen molar-refractivity contribution >= 4 is 5.91 Å². The van der Waals surface area contributed by atoms with Crippen molar-refractivity contribution < 1.29 is 14.3 Å². The molecule has 2 rings (SSSR count). The van der Waals surface area contributed by atoms with Crippen LogP contribution in [0.2, 0.25) is 0 Å². The molecule has 0 radical (unpaired) electrons. The van der Waals surface area contributed by atoms with Crippen LogP contribution in [0.15, 0.2) is 48.5 Å². The Balaban J connectivity index is 1.94. The summed E-state index contributed by atoms with van der Waals surface area (Å²) < 4.78 is 10.8. The van der Waals surface area contributed by atoms with E-state index in [9.17, 15) is 4.79 Å². The fraction of sp³-hybridized carbons (Fsp3) is 0.409. The molecule has 2 aromatic rings. The highest BCUT2D eigenvalue weighted by Gasteiger charge is 2.19. The molecule has 4 nitrogen and oxygen atoms in total. The van der Waals surface area contributed by atoms with Gasteiger partial charge in [-0.3, -0.25) is 4.79 Å². The Bertz CT molecular complexity index is 715. The van der Waals surface area contributed by atoms with Gasteiger partial charge in [-0.2, -0.15) is 0 Å². The van der Waals surface area contributed by atoms with Gasteiger partial charge >= 0.3 is 0 Å². The maximum absolute atomic E-state index is 12.4. The molecular weight excluding hydrogens is 326 g/mol. The first-order valence-electron chi connectivity index (χ1n) is 8.92. The van der Waals surface area contributed by atoms with Gasteiger partial charge in [0.05, 0.1) is 13.2 Å². The van der Waals surface area contributed by atoms with Crippen molar-refractivity contribution in [1.29, 1.82) is 0 Å². The predicted octanol–water partition coefficient (Wildman–Crippen LogP) is 4.64. The van der Waals surface area contributed by atoms with Crippen molar-refractivity contribution in [2.75, 3.05) is 7.11 Å². The summed E-state index contributed by atoms with van der Waals surface area (Å²) in [4.78, 5) is 12.4. The van der Waals surface area contributed by atoms with Crippen molar-refractivity contribution in [2.45, 2.75) is 52.2 Å². The number of carbonyl (C=O) groups excluding carboxylic acids is 1. The van der Waals surface area contributed by atoms with Gasteiger partial charge in [0.2, 0.25) is 0 Å². The molecule has 0 heterocycles. The molecule has 0 saturated carbocycles. The number of ether oxygens (including phenoxy) is 2. The molecule has 0 spiro atoms. The second-order valence-electron chi connectivity index (χ2n) is 7.54. The molecule has 0 saturated heterocycles. The minimum atomic E-state index is -0.584. The van der Waals surface area contributed by atoms with Crippen LogP contribution in [-0.2, 0) is 10.2 Å². The van der Waals surface area contributed by atoms with Crippen LogP contribution in [0.3, 0.4) is 0 Å². The number of nitrogens with one attached hydrogen (secondary N) is 1. The third kappa shape index (κ3) is 5.25.